The van der Waals surface area contributed by atoms with Crippen molar-refractivity contribution >= 4 is 17.7 Å². The average molecular weight is 570 g/mol. The Balaban J connectivity index is 1.07. The molecule has 5 nitrogen and oxygen atoms in total. The lowest BCUT2D eigenvalue weighted by atomic mass is 9.49. The van der Waals surface area contributed by atoms with Crippen LogP contribution in [0.4, 0.5) is 0 Å². The monoisotopic (exact) mass is 569 g/mol. The largest absolute Gasteiger partial charge is 0.456 e. The van der Waals surface area contributed by atoms with Gasteiger partial charge >= 0.3 is 5.97 Å². The van der Waals surface area contributed by atoms with Crippen LogP contribution in [0.5, 0.6) is 0 Å². The first-order valence-corrected chi connectivity index (χ1v) is 16.6. The first kappa shape index (κ1) is 29.1. The van der Waals surface area contributed by atoms with Crippen LogP contribution in [0.1, 0.15) is 111 Å². The number of hydrogen-bond donors (Lipinski definition) is 1. The molecule has 0 spiro atoms. The number of Topliss-reactive ketones (excluding diaryl/α,β-unsaturated/α-hetero) is 1. The quantitative estimate of drug-likeness (QED) is 0.226. The van der Waals surface area contributed by atoms with Crippen molar-refractivity contribution in [3.05, 3.63) is 71.3 Å². The van der Waals surface area contributed by atoms with Gasteiger partial charge in [-0.25, -0.2) is 4.79 Å². The summed E-state index contributed by atoms with van der Waals surface area (Å²) < 4.78 is 5.59. The number of nitrogens with one attached hydrogen (secondary N) is 1. The number of hydrogen-bond acceptors (Lipinski definition) is 4. The SMILES string of the molecule is CCCC1CCC(c2ccc(C(=O)COC(=O)C(Cc3ccccc3)NC(=O)C34CC5CC(CC(C5)C3)C4)cc2)CC1. The Morgan fingerprint density at radius 2 is 1.48 bits per heavy atom. The van der Waals surface area contributed by atoms with Crippen LogP contribution in [0.3, 0.4) is 0 Å². The van der Waals surface area contributed by atoms with Crippen molar-refractivity contribution in [2.45, 2.75) is 102 Å². The Bertz CT molecular complexity index is 1210. The smallest absolute Gasteiger partial charge is 0.329 e. The van der Waals surface area contributed by atoms with Gasteiger partial charge in [0, 0.05) is 17.4 Å². The number of benzene rings is 2. The van der Waals surface area contributed by atoms with Crippen molar-refractivity contribution in [1.29, 1.82) is 0 Å². The molecule has 5 aliphatic carbocycles. The summed E-state index contributed by atoms with van der Waals surface area (Å²) in [5.41, 5.74) is 2.46. The topological polar surface area (TPSA) is 72.5 Å². The summed E-state index contributed by atoms with van der Waals surface area (Å²) in [4.78, 5) is 40.2. The molecule has 0 heterocycles. The lowest BCUT2D eigenvalue weighted by molar-refractivity contribution is -0.153. The molecular formula is C37H47NO4. The number of carbonyl (C=O) groups excluding carboxylic acids is 3. The predicted molar refractivity (Wildman–Crippen MR) is 164 cm³/mol. The van der Waals surface area contributed by atoms with Gasteiger partial charge in [-0.05, 0) is 105 Å². The number of esters is 1. The van der Waals surface area contributed by atoms with Gasteiger partial charge in [-0.2, -0.15) is 0 Å². The fourth-order valence-electron chi connectivity index (χ4n) is 9.20. The molecule has 5 aliphatic rings. The lowest BCUT2D eigenvalue weighted by Crippen LogP contribution is -2.56. The van der Waals surface area contributed by atoms with E-state index in [1.807, 2.05) is 42.5 Å². The first-order chi connectivity index (χ1) is 20.4. The van der Waals surface area contributed by atoms with E-state index in [0.29, 0.717) is 35.7 Å². The van der Waals surface area contributed by atoms with Crippen LogP contribution in [-0.4, -0.2) is 30.3 Å². The zero-order valence-corrected chi connectivity index (χ0v) is 25.2. The first-order valence-electron chi connectivity index (χ1n) is 16.6. The zero-order chi connectivity index (χ0) is 29.1. The molecule has 2 aromatic carbocycles. The van der Waals surface area contributed by atoms with E-state index in [1.165, 1.54) is 63.4 Å². The minimum atomic E-state index is -0.814. The van der Waals surface area contributed by atoms with Crippen molar-refractivity contribution in [2.75, 3.05) is 6.61 Å². The predicted octanol–water partition coefficient (Wildman–Crippen LogP) is 7.43. The molecule has 1 unspecified atom stereocenters. The molecule has 0 aliphatic heterocycles. The third kappa shape index (κ3) is 6.50. The van der Waals surface area contributed by atoms with Gasteiger partial charge in [0.1, 0.15) is 6.04 Å². The Kier molecular flexibility index (Phi) is 8.83. The molecule has 4 bridgehead atoms. The Labute approximate surface area is 251 Å². The summed E-state index contributed by atoms with van der Waals surface area (Å²) >= 11 is 0. The van der Waals surface area contributed by atoms with E-state index in [1.54, 1.807) is 0 Å². The molecule has 1 amide bonds. The number of ketones is 1. The van der Waals surface area contributed by atoms with Crippen LogP contribution in [0.15, 0.2) is 54.6 Å². The second kappa shape index (κ2) is 12.7. The van der Waals surface area contributed by atoms with Crippen molar-refractivity contribution < 1.29 is 19.1 Å². The minimum absolute atomic E-state index is 0.00474. The van der Waals surface area contributed by atoms with Gasteiger partial charge in [0.15, 0.2) is 12.4 Å². The highest BCUT2D eigenvalue weighted by atomic mass is 16.5. The standard InChI is InChI=1S/C37H47NO4/c1-2-6-25-9-11-30(12-10-25)31-13-15-32(16-14-31)34(39)24-42-35(40)33(20-26-7-4-3-5-8-26)38-36(41)37-21-27-17-28(22-37)19-29(18-27)23-37/h3-5,7-8,13-16,25,27-30,33H,2,6,9-12,17-24H2,1H3,(H,38,41). The Morgan fingerprint density at radius 3 is 2.07 bits per heavy atom. The van der Waals surface area contributed by atoms with Crippen LogP contribution >= 0.6 is 0 Å². The maximum absolute atomic E-state index is 13.8. The molecule has 224 valence electrons. The number of ether oxygens (including phenoxy) is 1. The van der Waals surface area contributed by atoms with Gasteiger partial charge < -0.3 is 10.1 Å². The van der Waals surface area contributed by atoms with Crippen molar-refractivity contribution in [2.24, 2.45) is 29.1 Å². The highest BCUT2D eigenvalue weighted by Gasteiger charge is 2.55. The summed E-state index contributed by atoms with van der Waals surface area (Å²) in [6, 6.07) is 16.8. The van der Waals surface area contributed by atoms with E-state index in [-0.39, 0.29) is 23.7 Å². The molecule has 0 saturated heterocycles. The van der Waals surface area contributed by atoms with Gasteiger partial charge in [0.2, 0.25) is 5.91 Å². The van der Waals surface area contributed by atoms with Crippen molar-refractivity contribution in [3.8, 4) is 0 Å². The fourth-order valence-corrected chi connectivity index (χ4v) is 9.20. The molecule has 5 heteroatoms. The summed E-state index contributed by atoms with van der Waals surface area (Å²) in [7, 11) is 0. The summed E-state index contributed by atoms with van der Waals surface area (Å²) in [6.07, 6.45) is 14.5. The van der Waals surface area contributed by atoms with E-state index in [2.05, 4.69) is 24.4 Å². The van der Waals surface area contributed by atoms with E-state index in [0.717, 1.165) is 30.7 Å². The van der Waals surface area contributed by atoms with E-state index < -0.39 is 12.0 Å². The second-order valence-electron chi connectivity index (χ2n) is 14.1. The summed E-state index contributed by atoms with van der Waals surface area (Å²) in [5.74, 6) is 2.61. The number of carbonyl (C=O) groups is 3. The van der Waals surface area contributed by atoms with Gasteiger partial charge in [-0.3, -0.25) is 9.59 Å². The average Bonchev–Trinajstić information content (AvgIpc) is 3.00. The van der Waals surface area contributed by atoms with Crippen LogP contribution < -0.4 is 5.32 Å². The van der Waals surface area contributed by atoms with Crippen LogP contribution in [-0.2, 0) is 20.7 Å². The maximum atomic E-state index is 13.8. The summed E-state index contributed by atoms with van der Waals surface area (Å²) in [6.45, 7) is 1.95. The molecular weight excluding hydrogens is 522 g/mol. The second-order valence-corrected chi connectivity index (χ2v) is 14.1. The third-order valence-electron chi connectivity index (χ3n) is 11.0. The van der Waals surface area contributed by atoms with Crippen LogP contribution in [0.2, 0.25) is 0 Å². The zero-order valence-electron chi connectivity index (χ0n) is 25.2. The Hall–Kier alpha value is -2.95. The lowest BCUT2D eigenvalue weighted by Gasteiger charge is -2.55. The third-order valence-corrected chi connectivity index (χ3v) is 11.0. The van der Waals surface area contributed by atoms with Crippen molar-refractivity contribution in [1.82, 2.24) is 5.32 Å². The Morgan fingerprint density at radius 1 is 0.857 bits per heavy atom. The molecule has 0 aromatic heterocycles. The molecule has 0 radical (unpaired) electrons. The van der Waals surface area contributed by atoms with Crippen LogP contribution in [0, 0.1) is 29.1 Å². The fraction of sp³-hybridized carbons (Fsp3) is 0.595. The number of amides is 1. The summed E-state index contributed by atoms with van der Waals surface area (Å²) in [5, 5.41) is 3.12. The van der Waals surface area contributed by atoms with Gasteiger partial charge in [0.05, 0.1) is 0 Å². The molecule has 5 fully saturated rings. The minimum Gasteiger partial charge on any atom is -0.456 e. The van der Waals surface area contributed by atoms with E-state index >= 15 is 0 Å². The molecule has 7 rings (SSSR count). The van der Waals surface area contributed by atoms with Gasteiger partial charge in [0.25, 0.3) is 0 Å². The highest BCUT2D eigenvalue weighted by molar-refractivity contribution is 5.98. The maximum Gasteiger partial charge on any atom is 0.329 e. The normalized spacial score (nSPS) is 30.5. The molecule has 42 heavy (non-hydrogen) atoms. The number of rotatable bonds is 11. The molecule has 5 saturated carbocycles. The molecule has 1 N–H and O–H groups in total. The van der Waals surface area contributed by atoms with E-state index in [4.69, 9.17) is 4.74 Å². The van der Waals surface area contributed by atoms with Gasteiger partial charge in [-0.15, -0.1) is 0 Å². The molecule has 2 aromatic rings. The highest BCUT2D eigenvalue weighted by Crippen LogP contribution is 2.60. The van der Waals surface area contributed by atoms with Crippen molar-refractivity contribution in [3.63, 3.8) is 0 Å². The molecule has 1 atom stereocenters. The van der Waals surface area contributed by atoms with Crippen LogP contribution in [0.25, 0.3) is 0 Å². The van der Waals surface area contributed by atoms with Gasteiger partial charge in [-0.1, -0.05) is 74.4 Å². The van der Waals surface area contributed by atoms with E-state index in [9.17, 15) is 14.4 Å².